The molecule has 1 aliphatic rings. The molecule has 0 heterocycles. The third kappa shape index (κ3) is 13.7. The monoisotopic (exact) mass is 452 g/mol. The van der Waals surface area contributed by atoms with Crippen LogP contribution in [-0.4, -0.2) is 36.5 Å². The van der Waals surface area contributed by atoms with Crippen molar-refractivity contribution in [3.8, 4) is 0 Å². The van der Waals surface area contributed by atoms with E-state index in [2.05, 4.69) is 13.8 Å². The van der Waals surface area contributed by atoms with Gasteiger partial charge in [0.2, 0.25) is 0 Å². The molecule has 1 unspecified atom stereocenters. The number of rotatable bonds is 19. The fourth-order valence-electron chi connectivity index (χ4n) is 4.80. The molecular formula is C28H52O4. The lowest BCUT2D eigenvalue weighted by Gasteiger charge is -2.19. The Morgan fingerprint density at radius 2 is 1.38 bits per heavy atom. The minimum absolute atomic E-state index is 0.0269. The maximum atomic E-state index is 12.9. The maximum Gasteiger partial charge on any atom is 0.136 e. The van der Waals surface area contributed by atoms with Crippen molar-refractivity contribution in [2.75, 3.05) is 6.61 Å². The molecule has 4 heteroatoms. The Morgan fingerprint density at radius 3 is 1.97 bits per heavy atom. The standard InChI is InChI=1S/C28H52O4/c1-21(2)14-12-10-8-7-9-11-13-15-25(29)16-17-28(30)27-19-26(32-23(5)6)18-24(27)20-31-22(3)4/h21-24,26-27H,7-20H2,1-6H3/t24-,26+,27?/m0/s1. The molecule has 1 rings (SSSR count). The van der Waals surface area contributed by atoms with Crippen molar-refractivity contribution < 1.29 is 19.1 Å². The summed E-state index contributed by atoms with van der Waals surface area (Å²) >= 11 is 0. The SMILES string of the molecule is CC(C)CCCCCCCCCC(=O)CCC(=O)C1C[C@H](OC(C)C)C[C@H]1COC(C)C. The molecule has 188 valence electrons. The van der Waals surface area contributed by atoms with Crippen LogP contribution in [-0.2, 0) is 19.1 Å². The fourth-order valence-corrected chi connectivity index (χ4v) is 4.80. The average molecular weight is 453 g/mol. The normalized spacial score (nSPS) is 21.2. The summed E-state index contributed by atoms with van der Waals surface area (Å²) in [6.45, 7) is 13.3. The molecule has 1 fully saturated rings. The van der Waals surface area contributed by atoms with Gasteiger partial charge in [0.05, 0.1) is 24.9 Å². The predicted octanol–water partition coefficient (Wildman–Crippen LogP) is 7.32. The molecule has 0 radical (unpaired) electrons. The van der Waals surface area contributed by atoms with E-state index in [4.69, 9.17) is 9.47 Å². The number of carbonyl (C=O) groups excluding carboxylic acids is 2. The number of hydrogen-bond donors (Lipinski definition) is 0. The van der Waals surface area contributed by atoms with Crippen molar-refractivity contribution >= 4 is 11.6 Å². The van der Waals surface area contributed by atoms with Gasteiger partial charge in [-0.1, -0.05) is 58.8 Å². The summed E-state index contributed by atoms with van der Waals surface area (Å²) in [5.74, 6) is 1.48. The van der Waals surface area contributed by atoms with Gasteiger partial charge in [-0.05, 0) is 58.8 Å². The topological polar surface area (TPSA) is 52.6 Å². The second kappa shape index (κ2) is 16.8. The minimum Gasteiger partial charge on any atom is -0.378 e. The van der Waals surface area contributed by atoms with Gasteiger partial charge in [-0.25, -0.2) is 0 Å². The number of unbranched alkanes of at least 4 members (excludes halogenated alkanes) is 6. The smallest absolute Gasteiger partial charge is 0.136 e. The summed E-state index contributed by atoms with van der Waals surface area (Å²) < 4.78 is 11.8. The summed E-state index contributed by atoms with van der Waals surface area (Å²) in [5, 5.41) is 0. The van der Waals surface area contributed by atoms with Crippen molar-refractivity contribution in [3.05, 3.63) is 0 Å². The van der Waals surface area contributed by atoms with Gasteiger partial charge in [0, 0.05) is 25.2 Å². The largest absolute Gasteiger partial charge is 0.378 e. The molecule has 0 bridgehead atoms. The van der Waals surface area contributed by atoms with Gasteiger partial charge < -0.3 is 9.47 Å². The van der Waals surface area contributed by atoms with Crippen molar-refractivity contribution in [2.24, 2.45) is 17.8 Å². The lowest BCUT2D eigenvalue weighted by atomic mass is 9.89. The molecule has 0 saturated heterocycles. The fraction of sp³-hybridized carbons (Fsp3) is 0.929. The molecule has 1 aliphatic carbocycles. The lowest BCUT2D eigenvalue weighted by molar-refractivity contribution is -0.128. The zero-order valence-electron chi connectivity index (χ0n) is 22.0. The summed E-state index contributed by atoms with van der Waals surface area (Å²) in [6.07, 6.45) is 13.5. The van der Waals surface area contributed by atoms with Crippen LogP contribution in [0.2, 0.25) is 0 Å². The highest BCUT2D eigenvalue weighted by atomic mass is 16.5. The first-order valence-electron chi connectivity index (χ1n) is 13.5. The molecular weight excluding hydrogens is 400 g/mol. The van der Waals surface area contributed by atoms with Crippen LogP contribution < -0.4 is 0 Å². The Morgan fingerprint density at radius 1 is 0.750 bits per heavy atom. The average Bonchev–Trinajstić information content (AvgIpc) is 3.10. The minimum atomic E-state index is -0.0269. The Bertz CT molecular complexity index is 512. The molecule has 3 atom stereocenters. The molecule has 0 aliphatic heterocycles. The Labute approximate surface area is 198 Å². The van der Waals surface area contributed by atoms with Crippen LogP contribution in [0.1, 0.15) is 125 Å². The summed E-state index contributed by atoms with van der Waals surface area (Å²) in [5.41, 5.74) is 0. The van der Waals surface area contributed by atoms with E-state index in [0.29, 0.717) is 25.9 Å². The van der Waals surface area contributed by atoms with E-state index in [1.54, 1.807) is 0 Å². The van der Waals surface area contributed by atoms with E-state index in [0.717, 1.165) is 31.6 Å². The number of ether oxygens (including phenoxy) is 2. The third-order valence-electron chi connectivity index (χ3n) is 6.56. The highest BCUT2D eigenvalue weighted by Gasteiger charge is 2.39. The summed E-state index contributed by atoms with van der Waals surface area (Å²) in [6, 6.07) is 0. The first-order valence-corrected chi connectivity index (χ1v) is 13.5. The Hall–Kier alpha value is -0.740. The Kier molecular flexibility index (Phi) is 15.4. The van der Waals surface area contributed by atoms with Crippen LogP contribution in [0, 0.1) is 17.8 Å². The molecule has 0 aromatic carbocycles. The van der Waals surface area contributed by atoms with Gasteiger partial charge in [-0.15, -0.1) is 0 Å². The van der Waals surface area contributed by atoms with Crippen LogP contribution in [0.4, 0.5) is 0 Å². The van der Waals surface area contributed by atoms with Crippen LogP contribution in [0.3, 0.4) is 0 Å². The molecule has 0 N–H and O–H groups in total. The predicted molar refractivity (Wildman–Crippen MR) is 133 cm³/mol. The first-order chi connectivity index (χ1) is 15.2. The number of Topliss-reactive ketones (excluding diaryl/α,β-unsaturated/α-hetero) is 2. The van der Waals surface area contributed by atoms with Gasteiger partial charge in [-0.3, -0.25) is 9.59 Å². The quantitative estimate of drug-likeness (QED) is 0.193. The number of ketones is 2. The number of carbonyl (C=O) groups is 2. The second-order valence-electron chi connectivity index (χ2n) is 10.9. The summed E-state index contributed by atoms with van der Waals surface area (Å²) in [7, 11) is 0. The van der Waals surface area contributed by atoms with E-state index in [1.807, 2.05) is 27.7 Å². The van der Waals surface area contributed by atoms with Crippen LogP contribution >= 0.6 is 0 Å². The molecule has 0 spiro atoms. The van der Waals surface area contributed by atoms with E-state index in [-0.39, 0.29) is 41.7 Å². The van der Waals surface area contributed by atoms with Gasteiger partial charge in [0.15, 0.2) is 0 Å². The molecule has 4 nitrogen and oxygen atoms in total. The molecule has 0 amide bonds. The highest BCUT2D eigenvalue weighted by Crippen LogP contribution is 2.36. The first kappa shape index (κ1) is 29.3. The van der Waals surface area contributed by atoms with Gasteiger partial charge in [0.25, 0.3) is 0 Å². The molecule has 0 aromatic rings. The van der Waals surface area contributed by atoms with Crippen LogP contribution in [0.25, 0.3) is 0 Å². The van der Waals surface area contributed by atoms with Crippen LogP contribution in [0.15, 0.2) is 0 Å². The highest BCUT2D eigenvalue weighted by molar-refractivity contribution is 5.87. The van der Waals surface area contributed by atoms with Crippen LogP contribution in [0.5, 0.6) is 0 Å². The van der Waals surface area contributed by atoms with E-state index in [1.165, 1.54) is 38.5 Å². The lowest BCUT2D eigenvalue weighted by Crippen LogP contribution is -2.24. The van der Waals surface area contributed by atoms with Crippen molar-refractivity contribution in [3.63, 3.8) is 0 Å². The van der Waals surface area contributed by atoms with E-state index >= 15 is 0 Å². The Balaban J connectivity index is 2.23. The zero-order chi connectivity index (χ0) is 23.9. The number of hydrogen-bond acceptors (Lipinski definition) is 4. The zero-order valence-corrected chi connectivity index (χ0v) is 22.0. The molecule has 0 aromatic heterocycles. The van der Waals surface area contributed by atoms with Gasteiger partial charge >= 0.3 is 0 Å². The van der Waals surface area contributed by atoms with Crippen molar-refractivity contribution in [1.29, 1.82) is 0 Å². The molecule has 1 saturated carbocycles. The van der Waals surface area contributed by atoms with Gasteiger partial charge in [0.1, 0.15) is 11.6 Å². The second-order valence-corrected chi connectivity index (χ2v) is 10.9. The van der Waals surface area contributed by atoms with Crippen molar-refractivity contribution in [2.45, 2.75) is 143 Å². The maximum absolute atomic E-state index is 12.9. The third-order valence-corrected chi connectivity index (χ3v) is 6.56. The van der Waals surface area contributed by atoms with E-state index in [9.17, 15) is 9.59 Å². The molecule has 32 heavy (non-hydrogen) atoms. The van der Waals surface area contributed by atoms with E-state index < -0.39 is 0 Å². The summed E-state index contributed by atoms with van der Waals surface area (Å²) in [4.78, 5) is 25.2. The van der Waals surface area contributed by atoms with Crippen molar-refractivity contribution in [1.82, 2.24) is 0 Å². The van der Waals surface area contributed by atoms with Gasteiger partial charge in [-0.2, -0.15) is 0 Å².